The molecule has 3 aromatic carbocycles. The van der Waals surface area contributed by atoms with Crippen molar-refractivity contribution in [1.82, 2.24) is 29.2 Å². The molecule has 7 aromatic rings. The van der Waals surface area contributed by atoms with Crippen molar-refractivity contribution >= 4 is 62.0 Å². The van der Waals surface area contributed by atoms with Crippen LogP contribution in [0, 0.1) is 22.7 Å². The van der Waals surface area contributed by atoms with Gasteiger partial charge in [-0.05, 0) is 41.0 Å². The molecule has 4 aromatic heterocycles. The number of halogens is 3. The molecule has 0 amide bonds. The summed E-state index contributed by atoms with van der Waals surface area (Å²) < 4.78 is 34.3. The van der Waals surface area contributed by atoms with E-state index in [2.05, 4.69) is 26.2 Å². The average molecular weight is 970 g/mol. The Morgan fingerprint density at radius 2 is 1.10 bits per heavy atom. The van der Waals surface area contributed by atoms with Gasteiger partial charge >= 0.3 is 4.96 Å². The lowest BCUT2D eigenvalue weighted by Gasteiger charge is -2.29. The standard InChI is InChI=1S/C33H31N5O4.C12H13N5O4.BCl3/c34-22-33(29-17-16-27-32(35)36-23-37-38(27)29)31(41-20-26-14-8-3-9-15-26)30(40-19-25-12-6-2-7-13-25)28(42-33)21-39-18-24-10-4-1-5-11-24;13-4-12(10(20)9(19)7(3-18)21-12)8-2-1-6-11(14)15-5-16-17(6)8;2-1(3)4/h1-17,23,28,30-31H,18-21H2,(H2,35,36,37);1-2,5,7,9-10,18-20H,3H2,(H2,14,15,16);/t28-,30-,31-,33?;7-,9-,10-,12+;/m11./s1. The lowest BCUT2D eigenvalue weighted by atomic mass is 9.92. The number of nitrogens with two attached hydrogens (primary N) is 2. The van der Waals surface area contributed by atoms with E-state index in [-0.39, 0.29) is 24.7 Å². The van der Waals surface area contributed by atoms with Crippen LogP contribution in [-0.4, -0.2) is 99.3 Å². The van der Waals surface area contributed by atoms with Crippen LogP contribution in [0.1, 0.15) is 28.1 Å². The molecule has 2 aliphatic rings. The summed E-state index contributed by atoms with van der Waals surface area (Å²) in [7, 11) is 0. The third kappa shape index (κ3) is 10.6. The van der Waals surface area contributed by atoms with E-state index in [9.17, 15) is 25.8 Å². The fourth-order valence-electron chi connectivity index (χ4n) is 7.88. The van der Waals surface area contributed by atoms with E-state index in [4.69, 9.17) is 69.5 Å². The molecule has 346 valence electrons. The van der Waals surface area contributed by atoms with Crippen LogP contribution >= 0.6 is 34.4 Å². The third-order valence-electron chi connectivity index (χ3n) is 11.0. The van der Waals surface area contributed by atoms with Gasteiger partial charge in [-0.2, -0.15) is 55.1 Å². The largest absolute Gasteiger partial charge is 0.450 e. The predicted octanol–water partition coefficient (Wildman–Crippen LogP) is 4.65. The second kappa shape index (κ2) is 22.3. The number of hydrogen-bond acceptors (Lipinski definition) is 16. The third-order valence-corrected chi connectivity index (χ3v) is 11.0. The molecule has 0 aliphatic carbocycles. The fraction of sp³-hybridized carbons (Fsp3) is 0.289. The minimum absolute atomic E-state index is 0.184. The van der Waals surface area contributed by atoms with Crippen LogP contribution in [0.25, 0.3) is 11.0 Å². The molecule has 9 rings (SSSR count). The van der Waals surface area contributed by atoms with Crippen molar-refractivity contribution in [2.75, 3.05) is 24.7 Å². The minimum Gasteiger partial charge on any atom is -0.394 e. The van der Waals surface area contributed by atoms with Crippen LogP contribution in [0.4, 0.5) is 11.6 Å². The van der Waals surface area contributed by atoms with Crippen molar-refractivity contribution in [1.29, 1.82) is 10.5 Å². The topological polar surface area (TPSA) is 267 Å². The van der Waals surface area contributed by atoms with E-state index >= 15 is 0 Å². The number of ether oxygens (including phenoxy) is 5. The summed E-state index contributed by atoms with van der Waals surface area (Å²) >= 11 is 14.4. The summed E-state index contributed by atoms with van der Waals surface area (Å²) in [5.41, 5.74) is 13.1. The molecule has 6 heterocycles. The Balaban J connectivity index is 0.000000222. The minimum atomic E-state index is -1.85. The first-order valence-electron chi connectivity index (χ1n) is 20.6. The number of nitriles is 2. The van der Waals surface area contributed by atoms with E-state index in [1.54, 1.807) is 22.7 Å². The predicted molar refractivity (Wildman–Crippen MR) is 248 cm³/mol. The smallest absolute Gasteiger partial charge is 0.394 e. The maximum Gasteiger partial charge on any atom is 0.450 e. The van der Waals surface area contributed by atoms with Crippen molar-refractivity contribution in [2.24, 2.45) is 0 Å². The average Bonchev–Trinajstić information content (AvgIpc) is 4.12. The molecule has 0 spiro atoms. The van der Waals surface area contributed by atoms with Gasteiger partial charge in [0.15, 0.2) is 11.6 Å². The summed E-state index contributed by atoms with van der Waals surface area (Å²) in [4.78, 5) is 7.18. The Bertz CT molecular complexity index is 2790. The van der Waals surface area contributed by atoms with E-state index in [0.717, 1.165) is 16.7 Å². The van der Waals surface area contributed by atoms with Gasteiger partial charge in [0.2, 0.25) is 11.2 Å². The summed E-state index contributed by atoms with van der Waals surface area (Å²) in [6, 6.07) is 40.5. The molecule has 0 bridgehead atoms. The highest BCUT2D eigenvalue weighted by Gasteiger charge is 2.60. The molecule has 8 atom stereocenters. The zero-order valence-electron chi connectivity index (χ0n) is 35.5. The number of nitrogens with zero attached hydrogens (tertiary/aromatic N) is 8. The van der Waals surface area contributed by atoms with Gasteiger partial charge < -0.3 is 50.5 Å². The maximum absolute atomic E-state index is 10.9. The molecule has 0 saturated carbocycles. The number of anilines is 2. The maximum atomic E-state index is 10.9. The number of nitrogen functional groups attached to an aromatic ring is 2. The number of benzene rings is 3. The monoisotopic (exact) mass is 968 g/mol. The number of rotatable bonds is 13. The Morgan fingerprint density at radius 1 is 0.657 bits per heavy atom. The SMILES string of the molecule is ClB(Cl)Cl.N#CC1(c2ccc3c(N)ncnn23)O[C@H](COCc2ccccc2)[C@@H](OCc2ccccc2)[C@H]1OCc1ccccc1.N#C[C@@]1(c2ccc3c(N)ncnn23)O[C@H](CO)[C@@H](O)[C@H]1O. The number of hydrogen-bond donors (Lipinski definition) is 5. The summed E-state index contributed by atoms with van der Waals surface area (Å²) in [6.45, 7) is 0.604. The molecule has 2 aliphatic heterocycles. The van der Waals surface area contributed by atoms with Gasteiger partial charge in [-0.3, -0.25) is 0 Å². The first-order valence-corrected chi connectivity index (χ1v) is 21.9. The van der Waals surface area contributed by atoms with Crippen LogP contribution in [0.15, 0.2) is 128 Å². The van der Waals surface area contributed by atoms with Crippen molar-refractivity contribution in [2.45, 2.75) is 67.6 Å². The lowest BCUT2D eigenvalue weighted by Crippen LogP contribution is -2.44. The number of fused-ring (bicyclic) bond motifs is 2. The van der Waals surface area contributed by atoms with Crippen LogP contribution < -0.4 is 11.5 Å². The highest BCUT2D eigenvalue weighted by atomic mass is 35.6. The van der Waals surface area contributed by atoms with Crippen LogP contribution in [0.2, 0.25) is 0 Å². The van der Waals surface area contributed by atoms with Crippen molar-refractivity contribution in [3.05, 3.63) is 156 Å². The second-order valence-electron chi connectivity index (χ2n) is 15.2. The van der Waals surface area contributed by atoms with Gasteiger partial charge in [0, 0.05) is 0 Å². The van der Waals surface area contributed by atoms with E-state index in [1.165, 1.54) is 23.2 Å². The highest BCUT2D eigenvalue weighted by molar-refractivity contribution is 7.54. The molecule has 0 radical (unpaired) electrons. The Labute approximate surface area is 399 Å². The van der Waals surface area contributed by atoms with Crippen LogP contribution in [-0.2, 0) is 54.7 Å². The Hall–Kier alpha value is -5.91. The first kappa shape index (κ1) is 49.0. The van der Waals surface area contributed by atoms with Gasteiger partial charge in [0.05, 0.1) is 44.4 Å². The van der Waals surface area contributed by atoms with Crippen molar-refractivity contribution < 1.29 is 39.0 Å². The number of aromatic nitrogens is 6. The molecular weight excluding hydrogens is 926 g/mol. The number of aliphatic hydroxyl groups excluding tert-OH is 3. The quantitative estimate of drug-likeness (QED) is 0.0985. The first-order chi connectivity index (χ1) is 32.5. The van der Waals surface area contributed by atoms with Gasteiger partial charge in [-0.1, -0.05) is 91.0 Å². The highest BCUT2D eigenvalue weighted by Crippen LogP contribution is 2.44. The van der Waals surface area contributed by atoms with Gasteiger partial charge in [-0.25, -0.2) is 19.0 Å². The van der Waals surface area contributed by atoms with Crippen LogP contribution in [0.5, 0.6) is 0 Å². The Morgan fingerprint density at radius 3 is 1.57 bits per heavy atom. The molecule has 18 nitrogen and oxygen atoms in total. The van der Waals surface area contributed by atoms with Gasteiger partial charge in [-0.15, -0.1) is 0 Å². The lowest BCUT2D eigenvalue weighted by molar-refractivity contribution is -0.0971. The second-order valence-corrected chi connectivity index (χ2v) is 17.2. The molecule has 2 saturated heterocycles. The van der Waals surface area contributed by atoms with Crippen molar-refractivity contribution in [3.63, 3.8) is 0 Å². The van der Waals surface area contributed by atoms with Gasteiger partial charge in [0.1, 0.15) is 72.5 Å². The zero-order chi connectivity index (χ0) is 47.6. The van der Waals surface area contributed by atoms with Crippen LogP contribution in [0.3, 0.4) is 0 Å². The van der Waals surface area contributed by atoms with E-state index in [1.807, 2.05) is 97.1 Å². The van der Waals surface area contributed by atoms with E-state index in [0.29, 0.717) is 35.8 Å². The molecule has 2 fully saturated rings. The molecule has 7 N–H and O–H groups in total. The fourth-order valence-corrected chi connectivity index (χ4v) is 7.88. The normalized spacial score (nSPS) is 24.2. The summed E-state index contributed by atoms with van der Waals surface area (Å²) in [5.74, 6) is 0.500. The molecular formula is C45H44BCl3N10O8. The molecule has 67 heavy (non-hydrogen) atoms. The molecule has 22 heteroatoms. The zero-order valence-corrected chi connectivity index (χ0v) is 37.7. The Kier molecular flexibility index (Phi) is 16.3. The molecule has 1 unspecified atom stereocenters. The summed E-state index contributed by atoms with van der Waals surface area (Å²) in [5, 5.41) is 58.1. The van der Waals surface area contributed by atoms with Gasteiger partial charge in [0.25, 0.3) is 0 Å². The van der Waals surface area contributed by atoms with E-state index < -0.39 is 59.4 Å². The summed E-state index contributed by atoms with van der Waals surface area (Å²) in [6.07, 6.45) is -3.52. The van der Waals surface area contributed by atoms with Crippen molar-refractivity contribution in [3.8, 4) is 12.1 Å². The number of aliphatic hydroxyl groups is 3.